The van der Waals surface area contributed by atoms with Gasteiger partial charge in [0.25, 0.3) is 0 Å². The van der Waals surface area contributed by atoms with Gasteiger partial charge in [-0.3, -0.25) is 9.20 Å². The molecule has 27 heavy (non-hydrogen) atoms. The molecule has 0 spiro atoms. The maximum atomic E-state index is 11.6. The third-order valence-electron chi connectivity index (χ3n) is 4.18. The molecule has 8 heteroatoms. The maximum absolute atomic E-state index is 11.6. The molecule has 3 heterocycles. The van der Waals surface area contributed by atoms with Gasteiger partial charge in [-0.25, -0.2) is 13.4 Å². The second kappa shape index (κ2) is 6.40. The first-order valence-corrected chi connectivity index (χ1v) is 10.0. The highest BCUT2D eigenvalue weighted by molar-refractivity contribution is 7.90. The Morgan fingerprint density at radius 1 is 1.07 bits per heavy atom. The first kappa shape index (κ1) is 17.0. The predicted molar refractivity (Wildman–Crippen MR) is 104 cm³/mol. The second-order valence-corrected chi connectivity index (χ2v) is 8.13. The van der Waals surface area contributed by atoms with E-state index in [1.165, 1.54) is 12.3 Å². The lowest BCUT2D eigenvalue weighted by Gasteiger charge is -2.12. The van der Waals surface area contributed by atoms with E-state index >= 15 is 0 Å². The molecule has 0 unspecified atom stereocenters. The Morgan fingerprint density at radius 2 is 1.85 bits per heavy atom. The fraction of sp³-hybridized carbons (Fsp3) is 0.0526. The van der Waals surface area contributed by atoms with Crippen LogP contribution in [0.15, 0.2) is 76.8 Å². The molecule has 7 nitrogen and oxygen atoms in total. The van der Waals surface area contributed by atoms with E-state index in [0.29, 0.717) is 5.65 Å². The molecule has 0 aliphatic rings. The summed E-state index contributed by atoms with van der Waals surface area (Å²) in [5.74, 6) is 0. The van der Waals surface area contributed by atoms with Gasteiger partial charge in [-0.15, -0.1) is 0 Å². The number of pyridine rings is 2. The molecule has 0 atom stereocenters. The molecule has 0 aliphatic carbocycles. The molecule has 3 aromatic heterocycles. The summed E-state index contributed by atoms with van der Waals surface area (Å²) in [6.07, 6.45) is 6.29. The van der Waals surface area contributed by atoms with Crippen molar-refractivity contribution in [2.75, 3.05) is 11.6 Å². The summed E-state index contributed by atoms with van der Waals surface area (Å²) in [6.45, 7) is 0. The van der Waals surface area contributed by atoms with E-state index in [0.717, 1.165) is 22.6 Å². The van der Waals surface area contributed by atoms with Gasteiger partial charge >= 0.3 is 0 Å². The van der Waals surface area contributed by atoms with E-state index in [9.17, 15) is 13.2 Å². The highest BCUT2D eigenvalue weighted by Gasteiger charge is 2.10. The van der Waals surface area contributed by atoms with Crippen molar-refractivity contribution in [2.24, 2.45) is 0 Å². The Hall–Kier alpha value is -3.39. The average Bonchev–Trinajstić information content (AvgIpc) is 3.12. The third-order valence-corrected chi connectivity index (χ3v) is 5.31. The van der Waals surface area contributed by atoms with E-state index in [1.54, 1.807) is 36.7 Å². The molecular formula is C19H16N4O3S. The van der Waals surface area contributed by atoms with Crippen LogP contribution in [0.25, 0.3) is 16.9 Å². The largest absolute Gasteiger partial charge is 0.352 e. The first-order chi connectivity index (χ1) is 12.9. The monoisotopic (exact) mass is 380 g/mol. The lowest BCUT2D eigenvalue weighted by Crippen LogP contribution is -2.04. The SMILES string of the molecule is CS(=O)(=O)c1ccc(Nc2ccc(-c3cc[nH]c(=O)c3)n3ccnc23)cc1. The maximum Gasteiger partial charge on any atom is 0.248 e. The Kier molecular flexibility index (Phi) is 4.04. The number of rotatable bonds is 4. The number of imidazole rings is 1. The van der Waals surface area contributed by atoms with Gasteiger partial charge in [0.15, 0.2) is 15.5 Å². The number of anilines is 2. The van der Waals surface area contributed by atoms with Crippen LogP contribution in [0, 0.1) is 0 Å². The molecule has 0 amide bonds. The average molecular weight is 380 g/mol. The van der Waals surface area contributed by atoms with Gasteiger partial charge in [-0.2, -0.15) is 0 Å². The molecule has 4 rings (SSSR count). The minimum absolute atomic E-state index is 0.172. The Morgan fingerprint density at radius 3 is 2.56 bits per heavy atom. The highest BCUT2D eigenvalue weighted by atomic mass is 32.2. The summed E-state index contributed by atoms with van der Waals surface area (Å²) in [6, 6.07) is 13.7. The topological polar surface area (TPSA) is 96.3 Å². The number of nitrogens with zero attached hydrogens (tertiary/aromatic N) is 2. The molecule has 0 saturated carbocycles. The number of sulfone groups is 1. The summed E-state index contributed by atoms with van der Waals surface area (Å²) < 4.78 is 25.1. The zero-order valence-corrected chi connectivity index (χ0v) is 15.2. The third kappa shape index (κ3) is 3.34. The van der Waals surface area contributed by atoms with Crippen molar-refractivity contribution in [1.82, 2.24) is 14.4 Å². The molecule has 2 N–H and O–H groups in total. The van der Waals surface area contributed by atoms with Crippen molar-refractivity contribution in [3.63, 3.8) is 0 Å². The number of hydrogen-bond donors (Lipinski definition) is 2. The van der Waals surface area contributed by atoms with Gasteiger partial charge in [0, 0.05) is 42.2 Å². The summed E-state index contributed by atoms with van der Waals surface area (Å²) >= 11 is 0. The number of nitrogens with one attached hydrogen (secondary N) is 2. The van der Waals surface area contributed by atoms with Crippen molar-refractivity contribution in [1.29, 1.82) is 0 Å². The zero-order chi connectivity index (χ0) is 19.0. The van der Waals surface area contributed by atoms with Gasteiger partial charge in [0.05, 0.1) is 16.3 Å². The standard InChI is InChI=1S/C19H16N4O3S/c1-27(25,26)15-4-2-14(3-5-15)22-16-6-7-17(23-11-10-21-19(16)23)13-8-9-20-18(24)12-13/h2-12,22H,1H3,(H,20,24). The van der Waals surface area contributed by atoms with Crippen molar-refractivity contribution < 1.29 is 8.42 Å². The number of benzene rings is 1. The minimum atomic E-state index is -3.23. The summed E-state index contributed by atoms with van der Waals surface area (Å²) in [7, 11) is -3.23. The Bertz CT molecular complexity index is 1290. The van der Waals surface area contributed by atoms with Crippen LogP contribution >= 0.6 is 0 Å². The molecule has 0 bridgehead atoms. The van der Waals surface area contributed by atoms with E-state index < -0.39 is 9.84 Å². The van der Waals surface area contributed by atoms with Gasteiger partial charge in [0.2, 0.25) is 5.56 Å². The van der Waals surface area contributed by atoms with Crippen molar-refractivity contribution in [2.45, 2.75) is 4.90 Å². The van der Waals surface area contributed by atoms with Gasteiger partial charge in [-0.05, 0) is 42.5 Å². The predicted octanol–water partition coefficient (Wildman–Crippen LogP) is 2.84. The molecule has 136 valence electrons. The van der Waals surface area contributed by atoms with Gasteiger partial charge in [-0.1, -0.05) is 0 Å². The van der Waals surface area contributed by atoms with Crippen LogP contribution in [0.4, 0.5) is 11.4 Å². The number of aromatic nitrogens is 3. The first-order valence-electron chi connectivity index (χ1n) is 8.14. The molecule has 1 aromatic carbocycles. The van der Waals surface area contributed by atoms with E-state index in [-0.39, 0.29) is 10.5 Å². The molecule has 0 saturated heterocycles. The summed E-state index contributed by atoms with van der Waals surface area (Å²) in [4.78, 5) is 18.9. The van der Waals surface area contributed by atoms with E-state index in [1.807, 2.05) is 28.8 Å². The van der Waals surface area contributed by atoms with Crippen LogP contribution in [0.1, 0.15) is 0 Å². The molecule has 0 fully saturated rings. The molecular weight excluding hydrogens is 364 g/mol. The number of hydrogen-bond acceptors (Lipinski definition) is 5. The van der Waals surface area contributed by atoms with Crippen molar-refractivity contribution >= 4 is 26.9 Å². The summed E-state index contributed by atoms with van der Waals surface area (Å²) in [5.41, 5.74) is 3.66. The second-order valence-electron chi connectivity index (χ2n) is 6.12. The Balaban J connectivity index is 1.73. The highest BCUT2D eigenvalue weighted by Crippen LogP contribution is 2.27. The van der Waals surface area contributed by atoms with Crippen LogP contribution in [-0.2, 0) is 9.84 Å². The minimum Gasteiger partial charge on any atom is -0.352 e. The fourth-order valence-corrected chi connectivity index (χ4v) is 3.52. The van der Waals surface area contributed by atoms with Crippen LogP contribution in [-0.4, -0.2) is 29.0 Å². The Labute approximate surface area is 155 Å². The smallest absolute Gasteiger partial charge is 0.248 e. The van der Waals surface area contributed by atoms with Crippen LogP contribution < -0.4 is 10.9 Å². The lowest BCUT2D eigenvalue weighted by atomic mass is 10.1. The van der Waals surface area contributed by atoms with Gasteiger partial charge in [0.1, 0.15) is 0 Å². The molecule has 0 aliphatic heterocycles. The lowest BCUT2D eigenvalue weighted by molar-refractivity contribution is 0.602. The fourth-order valence-electron chi connectivity index (χ4n) is 2.89. The quantitative estimate of drug-likeness (QED) is 0.567. The van der Waals surface area contributed by atoms with Crippen molar-refractivity contribution in [3.05, 3.63) is 77.5 Å². The number of H-pyrrole nitrogens is 1. The molecule has 4 aromatic rings. The molecule has 0 radical (unpaired) electrons. The van der Waals surface area contributed by atoms with Gasteiger partial charge < -0.3 is 10.3 Å². The number of aromatic amines is 1. The van der Waals surface area contributed by atoms with Crippen LogP contribution in [0.2, 0.25) is 0 Å². The zero-order valence-electron chi connectivity index (χ0n) is 14.4. The van der Waals surface area contributed by atoms with E-state index in [2.05, 4.69) is 15.3 Å². The van der Waals surface area contributed by atoms with E-state index in [4.69, 9.17) is 0 Å². The summed E-state index contributed by atoms with van der Waals surface area (Å²) in [5, 5.41) is 3.26. The van der Waals surface area contributed by atoms with Crippen LogP contribution in [0.5, 0.6) is 0 Å². The van der Waals surface area contributed by atoms with Crippen LogP contribution in [0.3, 0.4) is 0 Å². The van der Waals surface area contributed by atoms with Crippen molar-refractivity contribution in [3.8, 4) is 11.3 Å². The normalized spacial score (nSPS) is 11.6. The number of fused-ring (bicyclic) bond motifs is 1.